The molecular formula is C18H24O. The van der Waals surface area contributed by atoms with Crippen molar-refractivity contribution >= 4 is 0 Å². The van der Waals surface area contributed by atoms with E-state index >= 15 is 0 Å². The second-order valence-corrected chi connectivity index (χ2v) is 6.52. The molecule has 0 fully saturated rings. The summed E-state index contributed by atoms with van der Waals surface area (Å²) in [6.45, 7) is 13.1. The van der Waals surface area contributed by atoms with Gasteiger partial charge in [0.05, 0.1) is 0 Å². The summed E-state index contributed by atoms with van der Waals surface area (Å²) in [5.74, 6) is 2.12. The van der Waals surface area contributed by atoms with Crippen LogP contribution in [0.25, 0.3) is 0 Å². The number of ether oxygens (including phenoxy) is 1. The second kappa shape index (κ2) is 4.88. The SMILES string of the molecule is Cc1cc(C)c(OC2=C(C(C)(C)C)C=CC2)c(C)c1. The molecule has 1 aromatic carbocycles. The fourth-order valence-corrected chi connectivity index (χ4v) is 2.70. The van der Waals surface area contributed by atoms with Gasteiger partial charge < -0.3 is 4.74 Å². The van der Waals surface area contributed by atoms with Crippen molar-refractivity contribution in [3.8, 4) is 5.75 Å². The average Bonchev–Trinajstić information content (AvgIpc) is 2.70. The summed E-state index contributed by atoms with van der Waals surface area (Å²) < 4.78 is 6.25. The molecule has 0 atom stereocenters. The molecule has 1 heteroatoms. The highest BCUT2D eigenvalue weighted by Gasteiger charge is 2.23. The first-order valence-corrected chi connectivity index (χ1v) is 6.95. The molecule has 0 heterocycles. The topological polar surface area (TPSA) is 9.23 Å². The molecule has 1 aliphatic carbocycles. The van der Waals surface area contributed by atoms with Crippen molar-refractivity contribution in [2.75, 3.05) is 0 Å². The Hall–Kier alpha value is -1.50. The Morgan fingerprint density at radius 1 is 1.00 bits per heavy atom. The molecule has 1 aliphatic rings. The Balaban J connectivity index is 2.38. The maximum Gasteiger partial charge on any atom is 0.132 e. The molecule has 102 valence electrons. The highest BCUT2D eigenvalue weighted by atomic mass is 16.5. The van der Waals surface area contributed by atoms with Gasteiger partial charge in [-0.3, -0.25) is 0 Å². The smallest absolute Gasteiger partial charge is 0.132 e. The fourth-order valence-electron chi connectivity index (χ4n) is 2.70. The third kappa shape index (κ3) is 2.91. The molecule has 0 N–H and O–H groups in total. The van der Waals surface area contributed by atoms with Gasteiger partial charge in [0.25, 0.3) is 0 Å². The van der Waals surface area contributed by atoms with Gasteiger partial charge in [-0.1, -0.05) is 50.6 Å². The quantitative estimate of drug-likeness (QED) is 0.702. The molecule has 0 spiro atoms. The first-order chi connectivity index (χ1) is 8.79. The van der Waals surface area contributed by atoms with Gasteiger partial charge in [0.2, 0.25) is 0 Å². The van der Waals surface area contributed by atoms with Gasteiger partial charge in [0, 0.05) is 6.42 Å². The van der Waals surface area contributed by atoms with Crippen LogP contribution in [0.1, 0.15) is 43.9 Å². The van der Waals surface area contributed by atoms with Crippen molar-refractivity contribution in [2.45, 2.75) is 48.0 Å². The van der Waals surface area contributed by atoms with Crippen LogP contribution in [0.4, 0.5) is 0 Å². The standard InChI is InChI=1S/C18H24O/c1-12-10-13(2)17(14(3)11-12)19-16-9-7-8-15(16)18(4,5)6/h7-8,10-11H,9H2,1-6H3. The minimum absolute atomic E-state index is 0.134. The third-order valence-electron chi connectivity index (χ3n) is 3.53. The highest BCUT2D eigenvalue weighted by Crippen LogP contribution is 2.37. The first kappa shape index (κ1) is 13.9. The molecule has 0 bridgehead atoms. The van der Waals surface area contributed by atoms with Gasteiger partial charge >= 0.3 is 0 Å². The Morgan fingerprint density at radius 3 is 2.11 bits per heavy atom. The Kier molecular flexibility index (Phi) is 3.58. The molecule has 2 rings (SSSR count). The third-order valence-corrected chi connectivity index (χ3v) is 3.53. The summed E-state index contributed by atoms with van der Waals surface area (Å²) in [5, 5.41) is 0. The maximum absolute atomic E-state index is 6.25. The largest absolute Gasteiger partial charge is 0.461 e. The molecular weight excluding hydrogens is 232 g/mol. The normalized spacial score (nSPS) is 15.3. The van der Waals surface area contributed by atoms with E-state index < -0.39 is 0 Å². The van der Waals surface area contributed by atoms with Crippen LogP contribution in [0.15, 0.2) is 35.6 Å². The van der Waals surface area contributed by atoms with Crippen LogP contribution in [-0.4, -0.2) is 0 Å². The molecule has 1 aromatic rings. The predicted molar refractivity (Wildman–Crippen MR) is 81.5 cm³/mol. The maximum atomic E-state index is 6.25. The molecule has 0 saturated heterocycles. The summed E-state index contributed by atoms with van der Waals surface area (Å²) in [5.41, 5.74) is 5.16. The number of hydrogen-bond acceptors (Lipinski definition) is 1. The Bertz CT molecular complexity index is 531. The van der Waals surface area contributed by atoms with E-state index in [1.165, 1.54) is 22.3 Å². The van der Waals surface area contributed by atoms with Crippen LogP contribution in [0.3, 0.4) is 0 Å². The highest BCUT2D eigenvalue weighted by molar-refractivity contribution is 5.46. The zero-order chi connectivity index (χ0) is 14.2. The van der Waals surface area contributed by atoms with Crippen molar-refractivity contribution in [1.29, 1.82) is 0 Å². The van der Waals surface area contributed by atoms with Crippen LogP contribution in [0.2, 0.25) is 0 Å². The molecule has 0 radical (unpaired) electrons. The fraction of sp³-hybridized carbons (Fsp3) is 0.444. The summed E-state index contributed by atoms with van der Waals surface area (Å²) in [4.78, 5) is 0. The molecule has 0 unspecified atom stereocenters. The van der Waals surface area contributed by atoms with E-state index in [0.29, 0.717) is 0 Å². The number of benzene rings is 1. The van der Waals surface area contributed by atoms with Crippen LogP contribution in [-0.2, 0) is 0 Å². The average molecular weight is 256 g/mol. The number of allylic oxidation sites excluding steroid dienone is 3. The monoisotopic (exact) mass is 256 g/mol. The predicted octanol–water partition coefficient (Wildman–Crippen LogP) is 5.25. The van der Waals surface area contributed by atoms with Gasteiger partial charge in [0.15, 0.2) is 0 Å². The lowest BCUT2D eigenvalue weighted by Gasteiger charge is -2.22. The van der Waals surface area contributed by atoms with Crippen molar-refractivity contribution in [1.82, 2.24) is 0 Å². The van der Waals surface area contributed by atoms with E-state index in [1.54, 1.807) is 0 Å². The molecule has 0 aromatic heterocycles. The summed E-state index contributed by atoms with van der Waals surface area (Å²) in [6.07, 6.45) is 5.29. The molecule has 0 aliphatic heterocycles. The van der Waals surface area contributed by atoms with Gasteiger partial charge in [-0.25, -0.2) is 0 Å². The van der Waals surface area contributed by atoms with Crippen LogP contribution in [0.5, 0.6) is 5.75 Å². The molecule has 1 nitrogen and oxygen atoms in total. The first-order valence-electron chi connectivity index (χ1n) is 6.95. The second-order valence-electron chi connectivity index (χ2n) is 6.52. The van der Waals surface area contributed by atoms with E-state index in [4.69, 9.17) is 4.74 Å². The number of aryl methyl sites for hydroxylation is 3. The number of hydrogen-bond donors (Lipinski definition) is 0. The van der Waals surface area contributed by atoms with Gasteiger partial charge in [-0.15, -0.1) is 0 Å². The minimum Gasteiger partial charge on any atom is -0.461 e. The van der Waals surface area contributed by atoms with Crippen molar-refractivity contribution in [3.05, 3.63) is 52.3 Å². The lowest BCUT2D eigenvalue weighted by Crippen LogP contribution is -2.11. The van der Waals surface area contributed by atoms with E-state index in [9.17, 15) is 0 Å². The van der Waals surface area contributed by atoms with Gasteiger partial charge in [-0.2, -0.15) is 0 Å². The van der Waals surface area contributed by atoms with Crippen molar-refractivity contribution in [3.63, 3.8) is 0 Å². The minimum atomic E-state index is 0.134. The van der Waals surface area contributed by atoms with E-state index in [-0.39, 0.29) is 5.41 Å². The van der Waals surface area contributed by atoms with Crippen molar-refractivity contribution < 1.29 is 4.74 Å². The summed E-state index contributed by atoms with van der Waals surface area (Å²) in [6, 6.07) is 4.37. The Morgan fingerprint density at radius 2 is 1.58 bits per heavy atom. The Labute approximate surface area is 117 Å². The van der Waals surface area contributed by atoms with Crippen molar-refractivity contribution in [2.24, 2.45) is 5.41 Å². The molecule has 0 saturated carbocycles. The van der Waals surface area contributed by atoms with E-state index in [0.717, 1.165) is 17.9 Å². The lowest BCUT2D eigenvalue weighted by molar-refractivity contribution is 0.385. The zero-order valence-corrected chi connectivity index (χ0v) is 12.9. The molecule has 0 amide bonds. The van der Waals surface area contributed by atoms with E-state index in [1.807, 2.05) is 0 Å². The van der Waals surface area contributed by atoms with Crippen LogP contribution < -0.4 is 4.74 Å². The summed E-state index contributed by atoms with van der Waals surface area (Å²) in [7, 11) is 0. The lowest BCUT2D eigenvalue weighted by atomic mass is 9.87. The zero-order valence-electron chi connectivity index (χ0n) is 12.9. The van der Waals surface area contributed by atoms with Gasteiger partial charge in [-0.05, 0) is 42.9 Å². The van der Waals surface area contributed by atoms with Crippen LogP contribution >= 0.6 is 0 Å². The van der Waals surface area contributed by atoms with Gasteiger partial charge in [0.1, 0.15) is 11.5 Å². The van der Waals surface area contributed by atoms with Crippen LogP contribution in [0, 0.1) is 26.2 Å². The number of rotatable bonds is 2. The molecule has 19 heavy (non-hydrogen) atoms. The summed E-state index contributed by atoms with van der Waals surface area (Å²) >= 11 is 0. The van der Waals surface area contributed by atoms with E-state index in [2.05, 4.69) is 65.8 Å².